The minimum absolute atomic E-state index is 0. The molecule has 0 saturated heterocycles. The maximum absolute atomic E-state index is 8.52. The third kappa shape index (κ3) is 62.6. The van der Waals surface area contributed by atoms with Crippen molar-refractivity contribution in [3.05, 3.63) is 0 Å². The van der Waals surface area contributed by atoms with E-state index in [4.69, 9.17) is 17.5 Å². The Hall–Kier alpha value is 3.07. The predicted molar refractivity (Wildman–Crippen MR) is 22.0 cm³/mol. The molecule has 32 valence electrons. The van der Waals surface area contributed by atoms with E-state index in [0.29, 0.717) is 0 Å². The molecule has 0 aliphatic heterocycles. The van der Waals surface area contributed by atoms with Gasteiger partial charge in [-0.15, -0.1) is 0 Å². The van der Waals surface area contributed by atoms with E-state index in [1.54, 1.807) is 0 Å². The second-order valence-corrected chi connectivity index (χ2v) is 1.22. The quantitative estimate of drug-likeness (QED) is 0.252. The summed E-state index contributed by atoms with van der Waals surface area (Å²) in [6.45, 7) is 0. The minimum atomic E-state index is -5.17. The standard InChI is InChI=1S/K.Mg.H2O4S.Sn/c;;1-5(2,3)4;/h;;(H2,1,2,3,4);/q+1;+2;;+4/p-2. The van der Waals surface area contributed by atoms with Crippen molar-refractivity contribution >= 4 is 57.4 Å². The summed E-state index contributed by atoms with van der Waals surface area (Å²) in [4.78, 5) is 0. The molecule has 0 saturated carbocycles. The van der Waals surface area contributed by atoms with E-state index in [1.807, 2.05) is 0 Å². The first-order chi connectivity index (χ1) is 2.00. The van der Waals surface area contributed by atoms with E-state index >= 15 is 0 Å². The maximum atomic E-state index is 8.52. The van der Waals surface area contributed by atoms with Crippen LogP contribution in [-0.4, -0.2) is 64.5 Å². The normalized spacial score (nSPS) is 7.25. The van der Waals surface area contributed by atoms with Crippen LogP contribution in [0, 0.1) is 0 Å². The topological polar surface area (TPSA) is 80.3 Å². The first-order valence-corrected chi connectivity index (χ1v) is 2.00. The predicted octanol–water partition coefficient (Wildman–Crippen LogP) is -5.10. The summed E-state index contributed by atoms with van der Waals surface area (Å²) in [6, 6.07) is 0. The molecular formula is KMgO4SSn+5. The van der Waals surface area contributed by atoms with Crippen LogP contribution in [0.1, 0.15) is 0 Å². The molecule has 8 heavy (non-hydrogen) atoms. The number of hydrogen-bond donors (Lipinski definition) is 0. The second-order valence-electron chi connectivity index (χ2n) is 0.408. The van der Waals surface area contributed by atoms with Crippen molar-refractivity contribution in [1.29, 1.82) is 0 Å². The van der Waals surface area contributed by atoms with Gasteiger partial charge in [-0.2, -0.15) is 0 Å². The molecule has 0 aromatic carbocycles. The van der Waals surface area contributed by atoms with Crippen molar-refractivity contribution in [1.82, 2.24) is 0 Å². The van der Waals surface area contributed by atoms with Crippen LogP contribution in [0.25, 0.3) is 0 Å². The molecule has 8 heteroatoms. The van der Waals surface area contributed by atoms with Crippen LogP contribution in [0.15, 0.2) is 0 Å². The van der Waals surface area contributed by atoms with Crippen LogP contribution in [0.2, 0.25) is 0 Å². The number of hydrogen-bond acceptors (Lipinski definition) is 4. The Morgan fingerprint density at radius 1 is 1.12 bits per heavy atom. The van der Waals surface area contributed by atoms with Crippen molar-refractivity contribution in [2.75, 3.05) is 0 Å². The molecule has 0 fully saturated rings. The molecule has 0 spiro atoms. The largest absolute Gasteiger partial charge is 4.00 e. The molecule has 0 radical (unpaired) electrons. The van der Waals surface area contributed by atoms with Gasteiger partial charge in [0.1, 0.15) is 0 Å². The smallest absolute Gasteiger partial charge is 0.759 e. The summed E-state index contributed by atoms with van der Waals surface area (Å²) in [5.74, 6) is 0. The Labute approximate surface area is 123 Å². The zero-order chi connectivity index (χ0) is 4.50. The molecule has 0 N–H and O–H groups in total. The van der Waals surface area contributed by atoms with Gasteiger partial charge in [0.25, 0.3) is 0 Å². The molecule has 0 bridgehead atoms. The van der Waals surface area contributed by atoms with E-state index in [0.717, 1.165) is 0 Å². The van der Waals surface area contributed by atoms with Gasteiger partial charge < -0.3 is 9.11 Å². The van der Waals surface area contributed by atoms with Gasteiger partial charge in [0.05, 0.1) is 0 Å². The zero-order valence-corrected chi connectivity index (χ0v) is 12.5. The van der Waals surface area contributed by atoms with Crippen molar-refractivity contribution < 1.29 is 68.9 Å². The first-order valence-electron chi connectivity index (χ1n) is 0.667. The third-order valence-electron chi connectivity index (χ3n) is 0. The van der Waals surface area contributed by atoms with Gasteiger partial charge in [-0.3, -0.25) is 8.42 Å². The third-order valence-corrected chi connectivity index (χ3v) is 0. The second kappa shape index (κ2) is 10.1. The SMILES string of the molecule is O=S(=O)([O-])[O-].[K+].[Mg+2].[Sn+4]. The molecule has 0 heterocycles. The molecule has 4 nitrogen and oxygen atoms in total. The molecular weight excluding hydrogens is 278 g/mol. The van der Waals surface area contributed by atoms with E-state index in [9.17, 15) is 0 Å². The van der Waals surface area contributed by atoms with Crippen molar-refractivity contribution in [3.8, 4) is 0 Å². The summed E-state index contributed by atoms with van der Waals surface area (Å²) >= 11 is 0. The average Bonchev–Trinajstić information content (AvgIpc) is 0.722. The van der Waals surface area contributed by atoms with E-state index < -0.39 is 10.4 Å². The fraction of sp³-hybridized carbons (Fsp3) is 0. The van der Waals surface area contributed by atoms with E-state index in [2.05, 4.69) is 0 Å². The Kier molecular flexibility index (Phi) is 28.3. The molecule has 0 aromatic heterocycles. The summed E-state index contributed by atoms with van der Waals surface area (Å²) in [5, 5.41) is 0. The molecule has 0 rings (SSSR count). The molecule has 0 aliphatic carbocycles. The summed E-state index contributed by atoms with van der Waals surface area (Å²) in [6.07, 6.45) is 0. The van der Waals surface area contributed by atoms with Crippen molar-refractivity contribution in [2.24, 2.45) is 0 Å². The summed E-state index contributed by atoms with van der Waals surface area (Å²) in [5.41, 5.74) is 0. The Morgan fingerprint density at radius 2 is 1.12 bits per heavy atom. The van der Waals surface area contributed by atoms with Crippen LogP contribution < -0.4 is 51.4 Å². The Morgan fingerprint density at radius 3 is 1.12 bits per heavy atom. The fourth-order valence-electron chi connectivity index (χ4n) is 0. The van der Waals surface area contributed by atoms with Gasteiger partial charge in [-0.05, 0) is 0 Å². The van der Waals surface area contributed by atoms with Gasteiger partial charge in [-0.25, -0.2) is 0 Å². The fourth-order valence-corrected chi connectivity index (χ4v) is 0. The Balaban J connectivity index is -0.0000000267. The molecule has 0 unspecified atom stereocenters. The van der Waals surface area contributed by atoms with Gasteiger partial charge in [0.2, 0.25) is 0 Å². The van der Waals surface area contributed by atoms with Crippen LogP contribution in [0.5, 0.6) is 0 Å². The summed E-state index contributed by atoms with van der Waals surface area (Å²) < 4.78 is 34.1. The van der Waals surface area contributed by atoms with Crippen LogP contribution in [-0.2, 0) is 10.4 Å². The average molecular weight is 278 g/mol. The van der Waals surface area contributed by atoms with Crippen molar-refractivity contribution in [2.45, 2.75) is 0 Å². The molecule has 0 aliphatic rings. The van der Waals surface area contributed by atoms with Gasteiger partial charge >= 0.3 is 98.3 Å². The van der Waals surface area contributed by atoms with Gasteiger partial charge in [-0.1, -0.05) is 0 Å². The number of rotatable bonds is 0. The molecule has 0 atom stereocenters. The molecule has 0 amide bonds. The zero-order valence-electron chi connectivity index (χ0n) is 4.25. The van der Waals surface area contributed by atoms with Crippen LogP contribution >= 0.6 is 0 Å². The molecule has 0 aromatic rings. The monoisotopic (exact) mass is 279 g/mol. The first kappa shape index (κ1) is 22.5. The van der Waals surface area contributed by atoms with Gasteiger partial charge in [0.15, 0.2) is 0 Å². The van der Waals surface area contributed by atoms with E-state index in [-0.39, 0.29) is 98.3 Å². The van der Waals surface area contributed by atoms with E-state index in [1.165, 1.54) is 0 Å². The van der Waals surface area contributed by atoms with Crippen LogP contribution in [0.4, 0.5) is 0 Å². The Bertz CT molecular complexity index is 99.2. The minimum Gasteiger partial charge on any atom is -0.759 e. The maximum Gasteiger partial charge on any atom is 4.00 e. The van der Waals surface area contributed by atoms with Crippen molar-refractivity contribution in [3.63, 3.8) is 0 Å². The van der Waals surface area contributed by atoms with Gasteiger partial charge in [0, 0.05) is 10.4 Å². The summed E-state index contributed by atoms with van der Waals surface area (Å²) in [7, 11) is -5.17. The van der Waals surface area contributed by atoms with Crippen LogP contribution in [0.3, 0.4) is 0 Å².